The monoisotopic (exact) mass is 268 g/mol. The first kappa shape index (κ1) is 12.2. The Morgan fingerprint density at radius 2 is 2.06 bits per heavy atom. The van der Waals surface area contributed by atoms with Crippen LogP contribution in [0.3, 0.4) is 0 Å². The van der Waals surface area contributed by atoms with Gasteiger partial charge in [-0.25, -0.2) is 4.39 Å². The van der Waals surface area contributed by atoms with Crippen molar-refractivity contribution in [2.24, 2.45) is 0 Å². The van der Waals surface area contributed by atoms with Gasteiger partial charge in [0.2, 0.25) is 0 Å². The van der Waals surface area contributed by atoms with Crippen LogP contribution in [-0.2, 0) is 0 Å². The quantitative estimate of drug-likeness (QED) is 0.841. The molecule has 0 unspecified atom stereocenters. The molecule has 2 fully saturated rings. The van der Waals surface area contributed by atoms with Crippen LogP contribution in [0.1, 0.15) is 25.7 Å². The molecular weight excluding hydrogens is 251 g/mol. The van der Waals surface area contributed by atoms with Crippen LogP contribution in [0.2, 0.25) is 5.02 Å². The fourth-order valence-electron chi connectivity index (χ4n) is 3.28. The minimum absolute atomic E-state index is 0.172. The molecule has 1 saturated carbocycles. The van der Waals surface area contributed by atoms with Crippen molar-refractivity contribution in [3.05, 3.63) is 29.0 Å². The van der Waals surface area contributed by atoms with Crippen LogP contribution in [0, 0.1) is 5.82 Å². The summed E-state index contributed by atoms with van der Waals surface area (Å²) < 4.78 is 13.9. The van der Waals surface area contributed by atoms with Gasteiger partial charge in [0, 0.05) is 30.2 Å². The average Bonchev–Trinajstić information content (AvgIpc) is 2.80. The summed E-state index contributed by atoms with van der Waals surface area (Å²) in [6.45, 7) is 2.66. The first-order valence-corrected chi connectivity index (χ1v) is 7.01. The summed E-state index contributed by atoms with van der Waals surface area (Å²) in [5, 5.41) is 4.23. The first-order valence-electron chi connectivity index (χ1n) is 6.64. The summed E-state index contributed by atoms with van der Waals surface area (Å²) in [7, 11) is 0. The van der Waals surface area contributed by atoms with E-state index in [0.29, 0.717) is 10.7 Å². The molecule has 1 saturated heterocycles. The molecule has 1 aliphatic heterocycles. The van der Waals surface area contributed by atoms with Gasteiger partial charge in [0.05, 0.1) is 5.69 Å². The van der Waals surface area contributed by atoms with Gasteiger partial charge in [-0.1, -0.05) is 24.4 Å². The molecule has 0 radical (unpaired) electrons. The zero-order valence-electron chi connectivity index (χ0n) is 10.4. The average molecular weight is 269 g/mol. The number of hydrogen-bond donors (Lipinski definition) is 1. The Bertz CT molecular complexity index is 443. The Kier molecular flexibility index (Phi) is 3.20. The molecule has 1 aliphatic carbocycles. The molecule has 2 nitrogen and oxygen atoms in total. The van der Waals surface area contributed by atoms with E-state index in [1.165, 1.54) is 31.7 Å². The molecule has 4 heteroatoms. The number of piperazine rings is 1. The van der Waals surface area contributed by atoms with E-state index in [0.717, 1.165) is 19.6 Å². The summed E-state index contributed by atoms with van der Waals surface area (Å²) in [6.07, 6.45) is 4.95. The third kappa shape index (κ3) is 2.21. The molecule has 1 aromatic carbocycles. The van der Waals surface area contributed by atoms with Crippen LogP contribution >= 0.6 is 11.6 Å². The van der Waals surface area contributed by atoms with Gasteiger partial charge in [-0.05, 0) is 31.0 Å². The number of rotatable bonds is 1. The molecule has 1 heterocycles. The molecular formula is C14H18ClFN2. The number of hydrogen-bond acceptors (Lipinski definition) is 2. The normalized spacial score (nSPS) is 22.7. The highest BCUT2D eigenvalue weighted by molar-refractivity contribution is 6.30. The summed E-state index contributed by atoms with van der Waals surface area (Å²) in [6, 6.07) is 4.81. The molecule has 1 spiro atoms. The van der Waals surface area contributed by atoms with Gasteiger partial charge in [-0.3, -0.25) is 0 Å². The van der Waals surface area contributed by atoms with Gasteiger partial charge in [0.1, 0.15) is 5.82 Å². The standard InChI is InChI=1S/C14H18ClFN2/c15-11-3-4-12(16)13(9-11)18-8-7-17-14(10-18)5-1-2-6-14/h3-4,9,17H,1-2,5-8,10H2. The van der Waals surface area contributed by atoms with Crippen LogP contribution < -0.4 is 10.2 Å². The highest BCUT2D eigenvalue weighted by Crippen LogP contribution is 2.34. The van der Waals surface area contributed by atoms with Crippen molar-refractivity contribution in [2.45, 2.75) is 31.2 Å². The van der Waals surface area contributed by atoms with Crippen LogP contribution in [0.4, 0.5) is 10.1 Å². The number of halogens is 2. The van der Waals surface area contributed by atoms with Crippen molar-refractivity contribution in [1.82, 2.24) is 5.32 Å². The Morgan fingerprint density at radius 1 is 1.28 bits per heavy atom. The lowest BCUT2D eigenvalue weighted by Gasteiger charge is -2.42. The third-order valence-corrected chi connectivity index (χ3v) is 4.42. The Hall–Kier alpha value is -0.800. The number of anilines is 1. The van der Waals surface area contributed by atoms with Gasteiger partial charge in [0.25, 0.3) is 0 Å². The molecule has 0 bridgehead atoms. The fourth-order valence-corrected chi connectivity index (χ4v) is 3.44. The number of benzene rings is 1. The zero-order valence-corrected chi connectivity index (χ0v) is 11.1. The number of nitrogens with zero attached hydrogens (tertiary/aromatic N) is 1. The van der Waals surface area contributed by atoms with E-state index < -0.39 is 0 Å². The second-order valence-electron chi connectivity index (χ2n) is 5.43. The second kappa shape index (κ2) is 4.71. The maximum absolute atomic E-state index is 13.9. The molecule has 0 atom stereocenters. The van der Waals surface area contributed by atoms with E-state index in [1.54, 1.807) is 12.1 Å². The maximum atomic E-state index is 13.9. The minimum Gasteiger partial charge on any atom is -0.366 e. The molecule has 3 rings (SSSR count). The summed E-state index contributed by atoms with van der Waals surface area (Å²) in [5.41, 5.74) is 0.850. The minimum atomic E-state index is -0.172. The van der Waals surface area contributed by atoms with Crippen LogP contribution in [-0.4, -0.2) is 25.2 Å². The summed E-state index contributed by atoms with van der Waals surface area (Å²) in [5.74, 6) is -0.172. The topological polar surface area (TPSA) is 15.3 Å². The lowest BCUT2D eigenvalue weighted by atomic mass is 9.94. The Labute approximate surface area is 112 Å². The predicted molar refractivity (Wildman–Crippen MR) is 72.8 cm³/mol. The molecule has 1 N–H and O–H groups in total. The lowest BCUT2D eigenvalue weighted by molar-refractivity contribution is 0.302. The van der Waals surface area contributed by atoms with Crippen molar-refractivity contribution in [2.75, 3.05) is 24.5 Å². The smallest absolute Gasteiger partial charge is 0.146 e. The highest BCUT2D eigenvalue weighted by Gasteiger charge is 2.38. The van der Waals surface area contributed by atoms with Gasteiger partial charge in [0.15, 0.2) is 0 Å². The van der Waals surface area contributed by atoms with Crippen molar-refractivity contribution < 1.29 is 4.39 Å². The second-order valence-corrected chi connectivity index (χ2v) is 5.87. The van der Waals surface area contributed by atoms with Gasteiger partial charge < -0.3 is 10.2 Å². The lowest BCUT2D eigenvalue weighted by Crippen LogP contribution is -2.59. The largest absolute Gasteiger partial charge is 0.366 e. The van der Waals surface area contributed by atoms with Crippen molar-refractivity contribution >= 4 is 17.3 Å². The summed E-state index contributed by atoms with van der Waals surface area (Å²) in [4.78, 5) is 2.14. The SMILES string of the molecule is Fc1ccc(Cl)cc1N1CCNC2(CCCC2)C1. The Balaban J connectivity index is 1.85. The highest BCUT2D eigenvalue weighted by atomic mass is 35.5. The Morgan fingerprint density at radius 3 is 2.83 bits per heavy atom. The van der Waals surface area contributed by atoms with E-state index in [-0.39, 0.29) is 11.4 Å². The van der Waals surface area contributed by atoms with Crippen molar-refractivity contribution in [3.8, 4) is 0 Å². The third-order valence-electron chi connectivity index (χ3n) is 4.18. The first-order chi connectivity index (χ1) is 8.69. The van der Waals surface area contributed by atoms with E-state index in [4.69, 9.17) is 11.6 Å². The predicted octanol–water partition coefficient (Wildman–Crippen LogP) is 3.20. The molecule has 2 aliphatic rings. The molecule has 1 aromatic rings. The van der Waals surface area contributed by atoms with E-state index >= 15 is 0 Å². The van der Waals surface area contributed by atoms with E-state index in [9.17, 15) is 4.39 Å². The fraction of sp³-hybridized carbons (Fsp3) is 0.571. The zero-order chi connectivity index (χ0) is 12.6. The van der Waals surface area contributed by atoms with E-state index in [2.05, 4.69) is 10.2 Å². The molecule has 18 heavy (non-hydrogen) atoms. The molecule has 0 amide bonds. The van der Waals surface area contributed by atoms with E-state index in [1.807, 2.05) is 0 Å². The van der Waals surface area contributed by atoms with Gasteiger partial charge in [-0.2, -0.15) is 0 Å². The van der Waals surface area contributed by atoms with Crippen LogP contribution in [0.15, 0.2) is 18.2 Å². The van der Waals surface area contributed by atoms with Crippen LogP contribution in [0.25, 0.3) is 0 Å². The number of nitrogens with one attached hydrogen (secondary N) is 1. The van der Waals surface area contributed by atoms with Crippen molar-refractivity contribution in [1.29, 1.82) is 0 Å². The molecule has 98 valence electrons. The van der Waals surface area contributed by atoms with Crippen molar-refractivity contribution in [3.63, 3.8) is 0 Å². The summed E-state index contributed by atoms with van der Waals surface area (Å²) >= 11 is 5.98. The molecule has 0 aromatic heterocycles. The van der Waals surface area contributed by atoms with Gasteiger partial charge in [-0.15, -0.1) is 0 Å². The van der Waals surface area contributed by atoms with Crippen LogP contribution in [0.5, 0.6) is 0 Å². The maximum Gasteiger partial charge on any atom is 0.146 e. The van der Waals surface area contributed by atoms with Gasteiger partial charge >= 0.3 is 0 Å².